The summed E-state index contributed by atoms with van der Waals surface area (Å²) in [6.45, 7) is 3.27. The largest absolute Gasteiger partial charge is 0.457 e. The first-order chi connectivity index (χ1) is 18.3. The number of para-hydroxylation sites is 1. The van der Waals surface area contributed by atoms with E-state index >= 15 is 0 Å². The Balaban J connectivity index is 1.34. The SMILES string of the molecule is O=C(NCCCc1ccccc1)c1cnc(N2CCOCC2)nc1-c1ccc(Oc2ccccc2)cc1. The van der Waals surface area contributed by atoms with Gasteiger partial charge >= 0.3 is 0 Å². The third-order valence-corrected chi connectivity index (χ3v) is 6.19. The molecule has 1 aliphatic heterocycles. The number of carbonyl (C=O) groups is 1. The van der Waals surface area contributed by atoms with Crippen LogP contribution >= 0.6 is 0 Å². The Kier molecular flexibility index (Phi) is 8.03. The van der Waals surface area contributed by atoms with Crippen molar-refractivity contribution in [2.45, 2.75) is 12.8 Å². The molecule has 0 aliphatic carbocycles. The molecule has 0 bridgehead atoms. The van der Waals surface area contributed by atoms with Crippen LogP contribution in [0, 0.1) is 0 Å². The molecule has 1 aliphatic rings. The number of morpholine rings is 1. The van der Waals surface area contributed by atoms with Crippen molar-refractivity contribution in [2.24, 2.45) is 0 Å². The van der Waals surface area contributed by atoms with Crippen LogP contribution in [-0.2, 0) is 11.2 Å². The maximum Gasteiger partial charge on any atom is 0.255 e. The van der Waals surface area contributed by atoms with Gasteiger partial charge in [0.15, 0.2) is 0 Å². The topological polar surface area (TPSA) is 76.6 Å². The lowest BCUT2D eigenvalue weighted by Gasteiger charge is -2.27. The van der Waals surface area contributed by atoms with Crippen molar-refractivity contribution >= 4 is 11.9 Å². The van der Waals surface area contributed by atoms with E-state index in [0.29, 0.717) is 55.8 Å². The van der Waals surface area contributed by atoms with Crippen LogP contribution in [0.5, 0.6) is 11.5 Å². The Hall–Kier alpha value is -4.23. The highest BCUT2D eigenvalue weighted by atomic mass is 16.5. The molecule has 7 nitrogen and oxygen atoms in total. The lowest BCUT2D eigenvalue weighted by Crippen LogP contribution is -2.37. The van der Waals surface area contributed by atoms with Crippen molar-refractivity contribution < 1.29 is 14.3 Å². The second kappa shape index (κ2) is 12.1. The van der Waals surface area contributed by atoms with Gasteiger partial charge in [0.2, 0.25) is 5.95 Å². The minimum atomic E-state index is -0.179. The van der Waals surface area contributed by atoms with Crippen LogP contribution in [-0.4, -0.2) is 48.7 Å². The van der Waals surface area contributed by atoms with Gasteiger partial charge in [-0.1, -0.05) is 48.5 Å². The summed E-state index contributed by atoms with van der Waals surface area (Å²) >= 11 is 0. The van der Waals surface area contributed by atoms with Gasteiger partial charge in [-0.05, 0) is 54.8 Å². The Morgan fingerprint density at radius 1 is 0.892 bits per heavy atom. The van der Waals surface area contributed by atoms with Gasteiger partial charge in [-0.25, -0.2) is 9.97 Å². The van der Waals surface area contributed by atoms with Gasteiger partial charge in [0, 0.05) is 31.4 Å². The molecule has 1 saturated heterocycles. The molecular weight excluding hydrogens is 464 g/mol. The van der Waals surface area contributed by atoms with Crippen LogP contribution < -0.4 is 15.0 Å². The van der Waals surface area contributed by atoms with Crippen LogP contribution in [0.25, 0.3) is 11.3 Å². The molecule has 1 N–H and O–H groups in total. The molecule has 1 aromatic heterocycles. The van der Waals surface area contributed by atoms with Crippen molar-refractivity contribution in [1.82, 2.24) is 15.3 Å². The smallest absolute Gasteiger partial charge is 0.255 e. The van der Waals surface area contributed by atoms with Gasteiger partial charge in [0.25, 0.3) is 5.91 Å². The van der Waals surface area contributed by atoms with E-state index in [1.807, 2.05) is 72.8 Å². The number of carbonyl (C=O) groups excluding carboxylic acids is 1. The maximum atomic E-state index is 13.2. The highest BCUT2D eigenvalue weighted by molar-refractivity contribution is 5.99. The van der Waals surface area contributed by atoms with Gasteiger partial charge in [-0.15, -0.1) is 0 Å². The molecule has 3 aromatic carbocycles. The van der Waals surface area contributed by atoms with Gasteiger partial charge in [-0.3, -0.25) is 4.79 Å². The number of rotatable bonds is 9. The molecule has 4 aromatic rings. The molecule has 7 heteroatoms. The van der Waals surface area contributed by atoms with Crippen LogP contribution in [0.3, 0.4) is 0 Å². The first kappa shape index (κ1) is 24.5. The maximum absolute atomic E-state index is 13.2. The van der Waals surface area contributed by atoms with E-state index in [1.165, 1.54) is 5.56 Å². The molecule has 0 saturated carbocycles. The predicted molar refractivity (Wildman–Crippen MR) is 144 cm³/mol. The van der Waals surface area contributed by atoms with Crippen LogP contribution in [0.15, 0.2) is 91.1 Å². The number of benzene rings is 3. The van der Waals surface area contributed by atoms with E-state index in [4.69, 9.17) is 14.5 Å². The Bertz CT molecular complexity index is 1290. The lowest BCUT2D eigenvalue weighted by atomic mass is 10.1. The van der Waals surface area contributed by atoms with E-state index in [1.54, 1.807) is 6.20 Å². The van der Waals surface area contributed by atoms with E-state index in [0.717, 1.165) is 24.2 Å². The first-order valence-electron chi connectivity index (χ1n) is 12.6. The molecular formula is C30H30N4O3. The number of hydrogen-bond donors (Lipinski definition) is 1. The van der Waals surface area contributed by atoms with Gasteiger partial charge in [0.1, 0.15) is 11.5 Å². The van der Waals surface area contributed by atoms with E-state index in [9.17, 15) is 4.79 Å². The lowest BCUT2D eigenvalue weighted by molar-refractivity contribution is 0.0953. The standard InChI is InChI=1S/C30H30N4O3/c35-29(31-17-7-10-23-8-3-1-4-9-23)27-22-32-30(34-18-20-36-21-19-34)33-28(27)24-13-15-26(16-14-24)37-25-11-5-2-6-12-25/h1-6,8-9,11-16,22H,7,10,17-21H2,(H,31,35). The number of aromatic nitrogens is 2. The minimum Gasteiger partial charge on any atom is -0.457 e. The first-order valence-corrected chi connectivity index (χ1v) is 12.6. The summed E-state index contributed by atoms with van der Waals surface area (Å²) in [6, 6.07) is 27.5. The van der Waals surface area contributed by atoms with Crippen LogP contribution in [0.1, 0.15) is 22.3 Å². The molecule has 0 atom stereocenters. The second-order valence-electron chi connectivity index (χ2n) is 8.82. The molecule has 0 radical (unpaired) electrons. The molecule has 1 fully saturated rings. The number of aryl methyl sites for hydroxylation is 1. The fourth-order valence-electron chi connectivity index (χ4n) is 4.21. The molecule has 5 rings (SSSR count). The third-order valence-electron chi connectivity index (χ3n) is 6.19. The summed E-state index contributed by atoms with van der Waals surface area (Å²) in [4.78, 5) is 24.6. The quantitative estimate of drug-likeness (QED) is 0.325. The average Bonchev–Trinajstić information content (AvgIpc) is 2.97. The Morgan fingerprint density at radius 3 is 2.30 bits per heavy atom. The van der Waals surface area contributed by atoms with Crippen molar-refractivity contribution in [2.75, 3.05) is 37.7 Å². The molecule has 0 unspecified atom stereocenters. The molecule has 188 valence electrons. The molecule has 1 amide bonds. The Morgan fingerprint density at radius 2 is 1.57 bits per heavy atom. The summed E-state index contributed by atoms with van der Waals surface area (Å²) in [5, 5.41) is 3.05. The predicted octanol–water partition coefficient (Wildman–Crippen LogP) is 5.14. The number of ether oxygens (including phenoxy) is 2. The second-order valence-corrected chi connectivity index (χ2v) is 8.82. The Labute approximate surface area is 217 Å². The number of nitrogens with one attached hydrogen (secondary N) is 1. The summed E-state index contributed by atoms with van der Waals surface area (Å²) in [6.07, 6.45) is 3.39. The van der Waals surface area contributed by atoms with Crippen molar-refractivity contribution in [3.05, 3.63) is 102 Å². The van der Waals surface area contributed by atoms with E-state index < -0.39 is 0 Å². The fourth-order valence-corrected chi connectivity index (χ4v) is 4.21. The molecule has 0 spiro atoms. The fraction of sp³-hybridized carbons (Fsp3) is 0.233. The summed E-state index contributed by atoms with van der Waals surface area (Å²) in [7, 11) is 0. The zero-order valence-corrected chi connectivity index (χ0v) is 20.7. The van der Waals surface area contributed by atoms with Crippen LogP contribution in [0.4, 0.5) is 5.95 Å². The third kappa shape index (κ3) is 6.51. The van der Waals surface area contributed by atoms with E-state index in [-0.39, 0.29) is 5.91 Å². The van der Waals surface area contributed by atoms with Gasteiger partial charge in [0.05, 0.1) is 24.5 Å². The molecule has 2 heterocycles. The average molecular weight is 495 g/mol. The highest BCUT2D eigenvalue weighted by Crippen LogP contribution is 2.28. The zero-order chi connectivity index (χ0) is 25.3. The number of hydrogen-bond acceptors (Lipinski definition) is 6. The summed E-state index contributed by atoms with van der Waals surface area (Å²) in [5.74, 6) is 1.90. The van der Waals surface area contributed by atoms with Gasteiger partial charge in [-0.2, -0.15) is 0 Å². The van der Waals surface area contributed by atoms with Gasteiger partial charge < -0.3 is 19.7 Å². The minimum absolute atomic E-state index is 0.179. The number of anilines is 1. The number of amides is 1. The van der Waals surface area contributed by atoms with Crippen molar-refractivity contribution in [3.8, 4) is 22.8 Å². The zero-order valence-electron chi connectivity index (χ0n) is 20.7. The summed E-state index contributed by atoms with van der Waals surface area (Å²) < 4.78 is 11.4. The van der Waals surface area contributed by atoms with E-state index in [2.05, 4.69) is 27.3 Å². The highest BCUT2D eigenvalue weighted by Gasteiger charge is 2.20. The number of nitrogens with zero attached hydrogens (tertiary/aromatic N) is 3. The van der Waals surface area contributed by atoms with Crippen molar-refractivity contribution in [1.29, 1.82) is 0 Å². The monoisotopic (exact) mass is 494 g/mol. The summed E-state index contributed by atoms with van der Waals surface area (Å²) in [5.41, 5.74) is 3.14. The van der Waals surface area contributed by atoms with Crippen LogP contribution in [0.2, 0.25) is 0 Å². The normalized spacial score (nSPS) is 13.2. The van der Waals surface area contributed by atoms with Crippen molar-refractivity contribution in [3.63, 3.8) is 0 Å². The molecule has 37 heavy (non-hydrogen) atoms.